The van der Waals surface area contributed by atoms with E-state index in [9.17, 15) is 0 Å². The van der Waals surface area contributed by atoms with Crippen molar-refractivity contribution in [1.29, 1.82) is 0 Å². The predicted molar refractivity (Wildman–Crippen MR) is 83.0 cm³/mol. The van der Waals surface area contributed by atoms with Crippen LogP contribution < -0.4 is 0 Å². The summed E-state index contributed by atoms with van der Waals surface area (Å²) in [7, 11) is 0. The van der Waals surface area contributed by atoms with E-state index in [1.807, 2.05) is 0 Å². The summed E-state index contributed by atoms with van der Waals surface area (Å²) in [4.78, 5) is 0. The standard InChI is InChI=1S/C20H31/c1-12-17-7-16(19(17,2)3)8-18(12)20-9-13-4-14(10-20)6-15(5-13)11-20/h12-17H,4-11H2,1-3H3/t12-,13?,14?,15?,16+,17+,20?/m1/s1. The SMILES string of the molecule is C[C@H]1[C](C23CC4CC(CC(C4)C2)C3)C[C@@H]2C[C@@H]1C2(C)C. The third kappa shape index (κ3) is 1.40. The van der Waals surface area contributed by atoms with E-state index >= 15 is 0 Å². The van der Waals surface area contributed by atoms with Crippen LogP contribution >= 0.6 is 0 Å². The number of fused-ring (bicyclic) bond motifs is 2. The molecule has 7 saturated carbocycles. The zero-order valence-corrected chi connectivity index (χ0v) is 13.6. The summed E-state index contributed by atoms with van der Waals surface area (Å²) in [6.07, 6.45) is 12.6. The predicted octanol–water partition coefficient (Wildman–Crippen LogP) is 5.48. The topological polar surface area (TPSA) is 0 Å². The van der Waals surface area contributed by atoms with Gasteiger partial charge in [-0.3, -0.25) is 0 Å². The Kier molecular flexibility index (Phi) is 2.30. The molecule has 7 aliphatic rings. The van der Waals surface area contributed by atoms with Crippen molar-refractivity contribution in [3.8, 4) is 0 Å². The van der Waals surface area contributed by atoms with Gasteiger partial charge in [-0.1, -0.05) is 20.8 Å². The number of hydrogen-bond acceptors (Lipinski definition) is 0. The van der Waals surface area contributed by atoms with Gasteiger partial charge >= 0.3 is 0 Å². The van der Waals surface area contributed by atoms with Gasteiger partial charge in [0.2, 0.25) is 0 Å². The smallest absolute Gasteiger partial charge is 0.0145 e. The molecule has 0 aromatic heterocycles. The van der Waals surface area contributed by atoms with E-state index in [2.05, 4.69) is 26.7 Å². The molecule has 6 bridgehead atoms. The summed E-state index contributed by atoms with van der Waals surface area (Å²) in [5.41, 5.74) is 1.40. The highest BCUT2D eigenvalue weighted by atomic mass is 14.7. The molecular formula is C20H31. The zero-order valence-electron chi connectivity index (χ0n) is 13.6. The Labute approximate surface area is 125 Å². The molecule has 0 heteroatoms. The lowest BCUT2D eigenvalue weighted by Gasteiger charge is -2.68. The van der Waals surface area contributed by atoms with E-state index in [-0.39, 0.29) is 0 Å². The van der Waals surface area contributed by atoms with E-state index < -0.39 is 0 Å². The molecule has 0 N–H and O–H groups in total. The van der Waals surface area contributed by atoms with Crippen molar-refractivity contribution in [3.63, 3.8) is 0 Å². The summed E-state index contributed by atoms with van der Waals surface area (Å²) in [5, 5.41) is 0. The molecule has 7 rings (SSSR count). The molecule has 1 radical (unpaired) electrons. The second kappa shape index (κ2) is 3.66. The average Bonchev–Trinajstić information content (AvgIpc) is 2.36. The fourth-order valence-electron chi connectivity index (χ4n) is 8.15. The Balaban J connectivity index is 1.46. The van der Waals surface area contributed by atoms with Crippen LogP contribution in [0.25, 0.3) is 0 Å². The summed E-state index contributed by atoms with van der Waals surface area (Å²) in [6, 6.07) is 0. The molecule has 0 nitrogen and oxygen atoms in total. The van der Waals surface area contributed by atoms with Crippen LogP contribution in [0, 0.1) is 52.3 Å². The highest BCUT2D eigenvalue weighted by Crippen LogP contribution is 2.72. The molecule has 7 aliphatic carbocycles. The van der Waals surface area contributed by atoms with Gasteiger partial charge in [-0.15, -0.1) is 0 Å². The van der Waals surface area contributed by atoms with Gasteiger partial charge in [-0.25, -0.2) is 0 Å². The largest absolute Gasteiger partial charge is 0.0617 e. The quantitative estimate of drug-likeness (QED) is 0.592. The lowest BCUT2D eigenvalue weighted by molar-refractivity contribution is -0.131. The normalized spacial score (nSPS) is 59.5. The minimum atomic E-state index is 0.658. The molecule has 0 unspecified atom stereocenters. The summed E-state index contributed by atoms with van der Waals surface area (Å²) >= 11 is 0. The Morgan fingerprint density at radius 2 is 1.40 bits per heavy atom. The molecule has 0 aliphatic heterocycles. The third-order valence-corrected chi connectivity index (χ3v) is 8.89. The van der Waals surface area contributed by atoms with Crippen LogP contribution in [0.4, 0.5) is 0 Å². The number of hydrogen-bond donors (Lipinski definition) is 0. The van der Waals surface area contributed by atoms with Gasteiger partial charge in [-0.2, -0.15) is 0 Å². The van der Waals surface area contributed by atoms with Gasteiger partial charge in [-0.05, 0) is 104 Å². The molecule has 111 valence electrons. The molecule has 0 spiro atoms. The van der Waals surface area contributed by atoms with Crippen molar-refractivity contribution in [3.05, 3.63) is 5.92 Å². The Hall–Kier alpha value is 0. The highest BCUT2D eigenvalue weighted by Gasteiger charge is 2.63. The first-order valence-electron chi connectivity index (χ1n) is 9.34. The second-order valence-electron chi connectivity index (χ2n) is 10.1. The van der Waals surface area contributed by atoms with E-state index in [1.165, 1.54) is 6.42 Å². The molecular weight excluding hydrogens is 240 g/mol. The van der Waals surface area contributed by atoms with Crippen molar-refractivity contribution >= 4 is 0 Å². The van der Waals surface area contributed by atoms with Crippen LogP contribution in [-0.2, 0) is 0 Å². The lowest BCUT2D eigenvalue weighted by atomic mass is 9.36. The summed E-state index contributed by atoms with van der Waals surface area (Å²) in [6.45, 7) is 7.72. The van der Waals surface area contributed by atoms with Gasteiger partial charge < -0.3 is 0 Å². The van der Waals surface area contributed by atoms with E-state index in [0.717, 1.165) is 40.9 Å². The molecule has 20 heavy (non-hydrogen) atoms. The molecule has 0 aromatic rings. The van der Waals surface area contributed by atoms with Gasteiger partial charge in [0.1, 0.15) is 0 Å². The van der Waals surface area contributed by atoms with Crippen LogP contribution in [0.2, 0.25) is 0 Å². The monoisotopic (exact) mass is 271 g/mol. The molecule has 0 amide bonds. The van der Waals surface area contributed by atoms with Gasteiger partial charge in [0.25, 0.3) is 0 Å². The number of rotatable bonds is 1. The zero-order chi connectivity index (χ0) is 13.7. The molecule has 0 heterocycles. The third-order valence-electron chi connectivity index (χ3n) is 8.89. The van der Waals surface area contributed by atoms with E-state index in [0.29, 0.717) is 5.41 Å². The van der Waals surface area contributed by atoms with Crippen molar-refractivity contribution in [1.82, 2.24) is 0 Å². The minimum Gasteiger partial charge on any atom is -0.0617 e. The Bertz CT molecular complexity index is 396. The summed E-state index contributed by atoms with van der Waals surface area (Å²) in [5.74, 6) is 8.42. The lowest BCUT2D eigenvalue weighted by Crippen LogP contribution is -2.60. The fourth-order valence-corrected chi connectivity index (χ4v) is 8.15. The Morgan fingerprint density at radius 3 is 1.85 bits per heavy atom. The first kappa shape index (κ1) is 12.5. The Morgan fingerprint density at radius 1 is 0.850 bits per heavy atom. The maximum absolute atomic E-state index is 2.61. The molecule has 7 fully saturated rings. The first-order chi connectivity index (χ1) is 9.48. The van der Waals surface area contributed by atoms with Crippen molar-refractivity contribution < 1.29 is 0 Å². The minimum absolute atomic E-state index is 0.658. The van der Waals surface area contributed by atoms with Gasteiger partial charge in [0.15, 0.2) is 0 Å². The summed E-state index contributed by atoms with van der Waals surface area (Å²) < 4.78 is 0. The van der Waals surface area contributed by atoms with Crippen LogP contribution in [0.15, 0.2) is 0 Å². The average molecular weight is 271 g/mol. The van der Waals surface area contributed by atoms with Gasteiger partial charge in [0.05, 0.1) is 0 Å². The molecule has 0 aromatic carbocycles. The maximum Gasteiger partial charge on any atom is -0.0145 e. The van der Waals surface area contributed by atoms with Crippen LogP contribution in [0.5, 0.6) is 0 Å². The van der Waals surface area contributed by atoms with Crippen LogP contribution in [0.3, 0.4) is 0 Å². The van der Waals surface area contributed by atoms with Gasteiger partial charge in [0, 0.05) is 0 Å². The van der Waals surface area contributed by atoms with Crippen molar-refractivity contribution in [2.75, 3.05) is 0 Å². The van der Waals surface area contributed by atoms with Crippen LogP contribution in [-0.4, -0.2) is 0 Å². The molecule has 3 atom stereocenters. The maximum atomic E-state index is 2.61. The van der Waals surface area contributed by atoms with Crippen LogP contribution in [0.1, 0.15) is 72.1 Å². The van der Waals surface area contributed by atoms with Crippen molar-refractivity contribution in [2.24, 2.45) is 46.3 Å². The fraction of sp³-hybridized carbons (Fsp3) is 0.950. The molecule has 0 saturated heterocycles. The second-order valence-corrected chi connectivity index (χ2v) is 10.1. The van der Waals surface area contributed by atoms with Crippen molar-refractivity contribution in [2.45, 2.75) is 72.1 Å². The first-order valence-corrected chi connectivity index (χ1v) is 9.34. The highest BCUT2D eigenvalue weighted by molar-refractivity contribution is 5.24. The van der Waals surface area contributed by atoms with E-state index in [4.69, 9.17) is 0 Å². The van der Waals surface area contributed by atoms with E-state index in [1.54, 1.807) is 44.9 Å².